The Balaban J connectivity index is 1.78. The number of amides is 1. The molecule has 0 aliphatic carbocycles. The van der Waals surface area contributed by atoms with E-state index in [4.69, 9.17) is 23.8 Å². The number of imidazole rings is 1. The summed E-state index contributed by atoms with van der Waals surface area (Å²) in [5.74, 6) is 0.649. The molecule has 1 amide bonds. The van der Waals surface area contributed by atoms with Crippen LogP contribution in [0.1, 0.15) is 18.9 Å². The average molecular weight is 373 g/mol. The Morgan fingerprint density at radius 1 is 1.28 bits per heavy atom. The molecule has 0 fully saturated rings. The van der Waals surface area contributed by atoms with Crippen molar-refractivity contribution in [2.45, 2.75) is 20.3 Å². The first-order valence-corrected chi connectivity index (χ1v) is 8.62. The van der Waals surface area contributed by atoms with Crippen LogP contribution in [0.4, 0.5) is 5.69 Å². The standard InChI is InChI=1S/C18H17ClN4OS/c1-3-16(24)23-18(25)20-12-6-4-11(5-7-12)17-21-14-8-10(2)13(19)9-15(14)22-17/h4-9H,3H2,1-2H3,(H,21,22)(H2,20,23,24,25). The van der Waals surface area contributed by atoms with Gasteiger partial charge in [-0.3, -0.25) is 4.79 Å². The van der Waals surface area contributed by atoms with Gasteiger partial charge >= 0.3 is 0 Å². The first kappa shape index (κ1) is 17.4. The summed E-state index contributed by atoms with van der Waals surface area (Å²) in [6.07, 6.45) is 0.385. The minimum absolute atomic E-state index is 0.120. The van der Waals surface area contributed by atoms with Crippen LogP contribution in [0.5, 0.6) is 0 Å². The molecule has 0 bridgehead atoms. The number of aryl methyl sites for hydroxylation is 1. The summed E-state index contributed by atoms with van der Waals surface area (Å²) < 4.78 is 0. The van der Waals surface area contributed by atoms with Crippen molar-refractivity contribution in [2.24, 2.45) is 0 Å². The van der Waals surface area contributed by atoms with E-state index < -0.39 is 0 Å². The largest absolute Gasteiger partial charge is 0.338 e. The second-order valence-electron chi connectivity index (χ2n) is 5.64. The van der Waals surface area contributed by atoms with Gasteiger partial charge in [-0.15, -0.1) is 0 Å². The molecule has 7 heteroatoms. The highest BCUT2D eigenvalue weighted by Gasteiger charge is 2.08. The van der Waals surface area contributed by atoms with Gasteiger partial charge in [0.2, 0.25) is 5.91 Å². The number of aromatic nitrogens is 2. The molecule has 5 nitrogen and oxygen atoms in total. The molecule has 0 saturated heterocycles. The molecule has 0 spiro atoms. The van der Waals surface area contributed by atoms with E-state index in [0.717, 1.165) is 33.7 Å². The molecular weight excluding hydrogens is 356 g/mol. The monoisotopic (exact) mass is 372 g/mol. The summed E-state index contributed by atoms with van der Waals surface area (Å²) in [7, 11) is 0. The second-order valence-corrected chi connectivity index (χ2v) is 6.45. The number of rotatable bonds is 3. The Bertz CT molecular complexity index is 911. The van der Waals surface area contributed by atoms with Gasteiger partial charge in [0.15, 0.2) is 5.11 Å². The third kappa shape index (κ3) is 3.97. The van der Waals surface area contributed by atoms with Crippen molar-refractivity contribution in [3.05, 3.63) is 47.0 Å². The van der Waals surface area contributed by atoms with E-state index in [1.165, 1.54) is 0 Å². The van der Waals surface area contributed by atoms with Gasteiger partial charge < -0.3 is 15.6 Å². The summed E-state index contributed by atoms with van der Waals surface area (Å²) in [6, 6.07) is 11.5. The lowest BCUT2D eigenvalue weighted by Crippen LogP contribution is -2.33. The molecule has 128 valence electrons. The first-order chi connectivity index (χ1) is 12.0. The highest BCUT2D eigenvalue weighted by molar-refractivity contribution is 7.80. The summed E-state index contributed by atoms with van der Waals surface area (Å²) in [5.41, 5.74) is 4.52. The third-order valence-electron chi connectivity index (χ3n) is 3.75. The number of thiocarbonyl (C=S) groups is 1. The zero-order chi connectivity index (χ0) is 18.0. The van der Waals surface area contributed by atoms with Crippen molar-refractivity contribution in [3.8, 4) is 11.4 Å². The molecule has 0 aliphatic rings. The molecule has 25 heavy (non-hydrogen) atoms. The Hall–Kier alpha value is -2.44. The number of carbonyl (C=O) groups is 1. The normalized spacial score (nSPS) is 10.7. The van der Waals surface area contributed by atoms with Crippen molar-refractivity contribution >= 4 is 51.6 Å². The van der Waals surface area contributed by atoms with E-state index in [9.17, 15) is 4.79 Å². The van der Waals surface area contributed by atoms with Gasteiger partial charge in [-0.05, 0) is 61.1 Å². The minimum atomic E-state index is -0.120. The summed E-state index contributed by atoms with van der Waals surface area (Å²) in [6.45, 7) is 3.73. The number of aromatic amines is 1. The molecule has 0 aliphatic heterocycles. The van der Waals surface area contributed by atoms with Crippen LogP contribution in [0.15, 0.2) is 36.4 Å². The van der Waals surface area contributed by atoms with Gasteiger partial charge in [0.1, 0.15) is 5.82 Å². The quantitative estimate of drug-likeness (QED) is 0.595. The van der Waals surface area contributed by atoms with Gasteiger partial charge in [0, 0.05) is 22.7 Å². The SMILES string of the molecule is CCC(=O)NC(=S)Nc1ccc(-c2nc3cc(Cl)c(C)cc3[nH]2)cc1. The lowest BCUT2D eigenvalue weighted by atomic mass is 10.2. The molecule has 2 aromatic carbocycles. The van der Waals surface area contributed by atoms with Crippen LogP contribution < -0.4 is 10.6 Å². The minimum Gasteiger partial charge on any atom is -0.338 e. The zero-order valence-corrected chi connectivity index (χ0v) is 15.4. The van der Waals surface area contributed by atoms with E-state index in [2.05, 4.69) is 20.6 Å². The van der Waals surface area contributed by atoms with Crippen LogP contribution >= 0.6 is 23.8 Å². The van der Waals surface area contributed by atoms with Gasteiger partial charge in [0.05, 0.1) is 11.0 Å². The highest BCUT2D eigenvalue weighted by atomic mass is 35.5. The number of hydrogen-bond acceptors (Lipinski definition) is 3. The van der Waals surface area contributed by atoms with Crippen LogP contribution in [0.25, 0.3) is 22.4 Å². The van der Waals surface area contributed by atoms with Crippen LogP contribution in [0.2, 0.25) is 5.02 Å². The van der Waals surface area contributed by atoms with Crippen molar-refractivity contribution in [1.82, 2.24) is 15.3 Å². The van der Waals surface area contributed by atoms with Crippen LogP contribution in [-0.4, -0.2) is 21.0 Å². The number of nitrogens with zero attached hydrogens (tertiary/aromatic N) is 1. The molecule has 3 N–H and O–H groups in total. The molecule has 0 atom stereocenters. The van der Waals surface area contributed by atoms with E-state index in [0.29, 0.717) is 11.4 Å². The smallest absolute Gasteiger partial charge is 0.225 e. The summed E-state index contributed by atoms with van der Waals surface area (Å²) >= 11 is 11.3. The van der Waals surface area contributed by atoms with E-state index in [1.807, 2.05) is 43.3 Å². The Morgan fingerprint density at radius 2 is 2.00 bits per heavy atom. The van der Waals surface area contributed by atoms with Gasteiger partial charge in [-0.1, -0.05) is 18.5 Å². The van der Waals surface area contributed by atoms with Crippen molar-refractivity contribution in [3.63, 3.8) is 0 Å². The van der Waals surface area contributed by atoms with E-state index in [-0.39, 0.29) is 11.0 Å². The molecule has 0 radical (unpaired) electrons. The molecule has 1 aromatic heterocycles. The van der Waals surface area contributed by atoms with Crippen LogP contribution in [-0.2, 0) is 4.79 Å². The zero-order valence-electron chi connectivity index (χ0n) is 13.8. The fourth-order valence-corrected chi connectivity index (χ4v) is 2.75. The maximum absolute atomic E-state index is 11.3. The van der Waals surface area contributed by atoms with Gasteiger partial charge in [-0.25, -0.2) is 4.98 Å². The molecular formula is C18H17ClN4OS. The Kier molecular flexibility index (Phi) is 5.01. The van der Waals surface area contributed by atoms with Gasteiger partial charge in [0.25, 0.3) is 0 Å². The lowest BCUT2D eigenvalue weighted by molar-refractivity contribution is -0.119. The molecule has 0 saturated carbocycles. The van der Waals surface area contributed by atoms with E-state index in [1.54, 1.807) is 6.92 Å². The van der Waals surface area contributed by atoms with Crippen LogP contribution in [0, 0.1) is 6.92 Å². The average Bonchev–Trinajstić information content (AvgIpc) is 2.98. The number of fused-ring (bicyclic) bond motifs is 1. The number of halogens is 1. The summed E-state index contributed by atoms with van der Waals surface area (Å²) in [4.78, 5) is 19.2. The molecule has 3 rings (SSSR count). The fourth-order valence-electron chi connectivity index (χ4n) is 2.37. The maximum atomic E-state index is 11.3. The van der Waals surface area contributed by atoms with E-state index >= 15 is 0 Å². The van der Waals surface area contributed by atoms with Crippen molar-refractivity contribution < 1.29 is 4.79 Å². The maximum Gasteiger partial charge on any atom is 0.225 e. The fraction of sp³-hybridized carbons (Fsp3) is 0.167. The van der Waals surface area contributed by atoms with Crippen molar-refractivity contribution in [2.75, 3.05) is 5.32 Å². The Labute approximate surface area is 155 Å². The first-order valence-electron chi connectivity index (χ1n) is 7.83. The number of benzene rings is 2. The van der Waals surface area contributed by atoms with Crippen LogP contribution in [0.3, 0.4) is 0 Å². The lowest BCUT2D eigenvalue weighted by Gasteiger charge is -2.09. The third-order valence-corrected chi connectivity index (χ3v) is 4.36. The number of nitrogens with one attached hydrogen (secondary N) is 3. The Morgan fingerprint density at radius 3 is 2.68 bits per heavy atom. The number of hydrogen-bond donors (Lipinski definition) is 3. The number of carbonyl (C=O) groups excluding carboxylic acids is 1. The molecule has 0 unspecified atom stereocenters. The predicted molar refractivity (Wildman–Crippen MR) is 106 cm³/mol. The number of H-pyrrole nitrogens is 1. The molecule has 1 heterocycles. The number of anilines is 1. The van der Waals surface area contributed by atoms with Crippen molar-refractivity contribution in [1.29, 1.82) is 0 Å². The molecule has 3 aromatic rings. The second kappa shape index (κ2) is 7.21. The van der Waals surface area contributed by atoms with Gasteiger partial charge in [-0.2, -0.15) is 0 Å². The highest BCUT2D eigenvalue weighted by Crippen LogP contribution is 2.26. The summed E-state index contributed by atoms with van der Waals surface area (Å²) in [5, 5.41) is 6.57. The topological polar surface area (TPSA) is 69.8 Å². The predicted octanol–water partition coefficient (Wildman–Crippen LogP) is 4.41.